The second kappa shape index (κ2) is 7.36. The highest BCUT2D eigenvalue weighted by atomic mass is 19.1. The Hall–Kier alpha value is -3.55. The van der Waals surface area contributed by atoms with E-state index in [0.29, 0.717) is 16.8 Å². The van der Waals surface area contributed by atoms with Crippen LogP contribution in [0.5, 0.6) is 0 Å². The lowest BCUT2D eigenvalue weighted by atomic mass is 10.1. The number of H-pyrrole nitrogens is 1. The van der Waals surface area contributed by atoms with Gasteiger partial charge in [0.1, 0.15) is 17.3 Å². The number of hydrogen-bond acceptors (Lipinski definition) is 4. The van der Waals surface area contributed by atoms with E-state index in [1.54, 1.807) is 24.3 Å². The molecule has 27 heavy (non-hydrogen) atoms. The van der Waals surface area contributed by atoms with Crippen LogP contribution in [0.25, 0.3) is 10.8 Å². The number of ether oxygens (including phenoxy) is 1. The first-order valence-electron chi connectivity index (χ1n) is 7.94. The lowest BCUT2D eigenvalue weighted by Gasteiger charge is -2.14. The molecule has 0 unspecified atom stereocenters. The SMILES string of the molecule is C[C@@H](OC(=O)c1cc2ccccc2c(=O)[nH]1)C(=O)Nc1ccc(F)cc1F. The summed E-state index contributed by atoms with van der Waals surface area (Å²) in [4.78, 5) is 38.7. The van der Waals surface area contributed by atoms with Crippen molar-refractivity contribution < 1.29 is 23.1 Å². The number of rotatable bonds is 4. The van der Waals surface area contributed by atoms with E-state index in [2.05, 4.69) is 10.3 Å². The smallest absolute Gasteiger partial charge is 0.355 e. The number of aromatic nitrogens is 1. The Bertz CT molecular complexity index is 1090. The van der Waals surface area contributed by atoms with Crippen LogP contribution in [0.1, 0.15) is 17.4 Å². The number of amides is 1. The van der Waals surface area contributed by atoms with Gasteiger partial charge in [0.25, 0.3) is 11.5 Å². The number of benzene rings is 2. The van der Waals surface area contributed by atoms with Gasteiger partial charge in [-0.1, -0.05) is 18.2 Å². The maximum Gasteiger partial charge on any atom is 0.355 e. The summed E-state index contributed by atoms with van der Waals surface area (Å²) in [6.45, 7) is 1.29. The quantitative estimate of drug-likeness (QED) is 0.689. The normalized spacial score (nSPS) is 11.8. The Kier molecular flexibility index (Phi) is 4.98. The van der Waals surface area contributed by atoms with Crippen molar-refractivity contribution in [2.24, 2.45) is 0 Å². The molecule has 0 radical (unpaired) electrons. The van der Waals surface area contributed by atoms with Gasteiger partial charge in [-0.2, -0.15) is 0 Å². The molecule has 0 aliphatic rings. The van der Waals surface area contributed by atoms with Crippen molar-refractivity contribution in [3.8, 4) is 0 Å². The molecule has 0 aliphatic heterocycles. The second-order valence-corrected chi connectivity index (χ2v) is 5.76. The van der Waals surface area contributed by atoms with E-state index in [9.17, 15) is 23.2 Å². The first kappa shape index (κ1) is 18.2. The molecular formula is C19H14F2N2O4. The summed E-state index contributed by atoms with van der Waals surface area (Å²) in [6, 6.07) is 10.8. The van der Waals surface area contributed by atoms with Crippen LogP contribution in [0.3, 0.4) is 0 Å². The third kappa shape index (κ3) is 4.00. The molecule has 0 saturated heterocycles. The fraction of sp³-hybridized carbons (Fsp3) is 0.105. The van der Waals surface area contributed by atoms with Gasteiger partial charge in [-0.15, -0.1) is 0 Å². The number of anilines is 1. The van der Waals surface area contributed by atoms with E-state index in [4.69, 9.17) is 4.74 Å². The summed E-state index contributed by atoms with van der Waals surface area (Å²) < 4.78 is 31.5. The molecule has 0 bridgehead atoms. The van der Waals surface area contributed by atoms with Crippen LogP contribution in [0.15, 0.2) is 53.3 Å². The number of hydrogen-bond donors (Lipinski definition) is 2. The van der Waals surface area contributed by atoms with Gasteiger partial charge in [0.15, 0.2) is 6.10 Å². The standard InChI is InChI=1S/C19H14F2N2O4/c1-10(17(24)22-15-7-6-12(20)9-14(15)21)27-19(26)16-8-11-4-2-3-5-13(11)18(25)23-16/h2-10H,1H3,(H,22,24)(H,23,25)/t10-/m1/s1. The summed E-state index contributed by atoms with van der Waals surface area (Å²) in [5, 5.41) is 3.15. The Labute approximate surface area is 151 Å². The number of halogens is 2. The predicted molar refractivity (Wildman–Crippen MR) is 94.4 cm³/mol. The van der Waals surface area contributed by atoms with Gasteiger partial charge >= 0.3 is 5.97 Å². The summed E-state index contributed by atoms with van der Waals surface area (Å²) >= 11 is 0. The minimum absolute atomic E-state index is 0.119. The first-order chi connectivity index (χ1) is 12.8. The van der Waals surface area contributed by atoms with Gasteiger partial charge in [-0.3, -0.25) is 9.59 Å². The Morgan fingerprint density at radius 2 is 1.85 bits per heavy atom. The summed E-state index contributed by atoms with van der Waals surface area (Å²) in [7, 11) is 0. The van der Waals surface area contributed by atoms with Gasteiger partial charge in [0.2, 0.25) is 0 Å². The molecule has 138 valence electrons. The molecule has 3 rings (SSSR count). The van der Waals surface area contributed by atoms with Crippen LogP contribution in [0.2, 0.25) is 0 Å². The highest BCUT2D eigenvalue weighted by Crippen LogP contribution is 2.16. The van der Waals surface area contributed by atoms with Crippen molar-refractivity contribution in [2.45, 2.75) is 13.0 Å². The topological polar surface area (TPSA) is 88.3 Å². The molecular weight excluding hydrogens is 358 g/mol. The molecule has 0 aliphatic carbocycles. The van der Waals surface area contributed by atoms with Crippen molar-refractivity contribution in [1.82, 2.24) is 4.98 Å². The average Bonchev–Trinajstić information content (AvgIpc) is 2.63. The second-order valence-electron chi connectivity index (χ2n) is 5.76. The molecule has 2 N–H and O–H groups in total. The van der Waals surface area contributed by atoms with Crippen molar-refractivity contribution in [1.29, 1.82) is 0 Å². The van der Waals surface area contributed by atoms with Gasteiger partial charge in [0.05, 0.1) is 5.69 Å². The van der Waals surface area contributed by atoms with Crippen molar-refractivity contribution in [3.05, 3.63) is 76.2 Å². The number of pyridine rings is 1. The molecule has 1 heterocycles. The molecule has 2 aromatic carbocycles. The lowest BCUT2D eigenvalue weighted by Crippen LogP contribution is -2.31. The zero-order valence-electron chi connectivity index (χ0n) is 14.1. The summed E-state index contributed by atoms with van der Waals surface area (Å²) in [5.74, 6) is -3.47. The van der Waals surface area contributed by atoms with E-state index >= 15 is 0 Å². The Morgan fingerprint density at radius 1 is 1.11 bits per heavy atom. The van der Waals surface area contributed by atoms with E-state index in [0.717, 1.165) is 12.1 Å². The molecule has 0 fully saturated rings. The fourth-order valence-electron chi connectivity index (χ4n) is 2.42. The maximum atomic E-state index is 13.6. The van der Waals surface area contributed by atoms with Crippen LogP contribution < -0.4 is 10.9 Å². The molecule has 8 heteroatoms. The van der Waals surface area contributed by atoms with E-state index in [-0.39, 0.29) is 11.4 Å². The van der Waals surface area contributed by atoms with E-state index in [1.807, 2.05) is 0 Å². The maximum absolute atomic E-state index is 13.6. The van der Waals surface area contributed by atoms with Gasteiger partial charge in [0, 0.05) is 11.5 Å². The molecule has 0 saturated carbocycles. The van der Waals surface area contributed by atoms with Crippen molar-refractivity contribution in [3.63, 3.8) is 0 Å². The largest absolute Gasteiger partial charge is 0.448 e. The van der Waals surface area contributed by atoms with Crippen molar-refractivity contribution >= 4 is 28.3 Å². The Morgan fingerprint density at radius 3 is 2.59 bits per heavy atom. The zero-order valence-corrected chi connectivity index (χ0v) is 14.1. The van der Waals surface area contributed by atoms with Crippen LogP contribution >= 0.6 is 0 Å². The summed E-state index contributed by atoms with van der Waals surface area (Å²) in [6.07, 6.45) is -1.28. The van der Waals surface area contributed by atoms with Crippen LogP contribution in [0, 0.1) is 11.6 Å². The molecule has 6 nitrogen and oxygen atoms in total. The van der Waals surface area contributed by atoms with Crippen molar-refractivity contribution in [2.75, 3.05) is 5.32 Å². The summed E-state index contributed by atoms with van der Waals surface area (Å²) in [5.41, 5.74) is -0.833. The third-order valence-electron chi connectivity index (χ3n) is 3.82. The van der Waals surface area contributed by atoms with Crippen LogP contribution in [-0.4, -0.2) is 23.0 Å². The highest BCUT2D eigenvalue weighted by Gasteiger charge is 2.21. The van der Waals surface area contributed by atoms with Gasteiger partial charge in [-0.25, -0.2) is 13.6 Å². The first-order valence-corrected chi connectivity index (χ1v) is 7.94. The van der Waals surface area contributed by atoms with Gasteiger partial charge in [-0.05, 0) is 36.6 Å². The van der Waals surface area contributed by atoms with E-state index < -0.39 is 35.2 Å². The molecule has 3 aromatic rings. The third-order valence-corrected chi connectivity index (χ3v) is 3.82. The molecule has 1 aromatic heterocycles. The molecule has 1 atom stereocenters. The number of carbonyl (C=O) groups is 2. The molecule has 0 spiro atoms. The highest BCUT2D eigenvalue weighted by molar-refractivity contribution is 5.98. The molecule has 1 amide bonds. The number of esters is 1. The zero-order chi connectivity index (χ0) is 19.6. The van der Waals surface area contributed by atoms with Gasteiger partial charge < -0.3 is 15.0 Å². The van der Waals surface area contributed by atoms with Crippen LogP contribution in [-0.2, 0) is 9.53 Å². The average molecular weight is 372 g/mol. The fourth-order valence-corrected chi connectivity index (χ4v) is 2.42. The number of fused-ring (bicyclic) bond motifs is 1. The number of nitrogens with one attached hydrogen (secondary N) is 2. The monoisotopic (exact) mass is 372 g/mol. The Balaban J connectivity index is 1.73. The van der Waals surface area contributed by atoms with Crippen LogP contribution in [0.4, 0.5) is 14.5 Å². The predicted octanol–water partition coefficient (Wildman–Crippen LogP) is 2.99. The number of carbonyl (C=O) groups excluding carboxylic acids is 2. The number of aromatic amines is 1. The minimum atomic E-state index is -1.28. The van der Waals surface area contributed by atoms with E-state index in [1.165, 1.54) is 13.0 Å². The minimum Gasteiger partial charge on any atom is -0.448 e. The lowest BCUT2D eigenvalue weighted by molar-refractivity contribution is -0.123.